The van der Waals surface area contributed by atoms with Gasteiger partial charge in [0.15, 0.2) is 0 Å². The van der Waals surface area contributed by atoms with Gasteiger partial charge in [-0.1, -0.05) is 19.9 Å². The highest BCUT2D eigenvalue weighted by Gasteiger charge is 2.21. The molecule has 144 valence electrons. The van der Waals surface area contributed by atoms with Crippen LogP contribution in [0.4, 0.5) is 5.69 Å². The SMILES string of the molecule is Cc1c(NC(C)C(C)C)cccc1C(=O)NC1CCC(N)CC1.Cl.Cl. The number of rotatable bonds is 5. The van der Waals surface area contributed by atoms with E-state index in [2.05, 4.69) is 31.4 Å². The molecule has 1 aromatic rings. The van der Waals surface area contributed by atoms with E-state index in [0.717, 1.165) is 42.5 Å². The van der Waals surface area contributed by atoms with E-state index in [0.29, 0.717) is 18.0 Å². The van der Waals surface area contributed by atoms with Crippen LogP contribution >= 0.6 is 24.8 Å². The van der Waals surface area contributed by atoms with Crippen molar-refractivity contribution in [1.82, 2.24) is 5.32 Å². The summed E-state index contributed by atoms with van der Waals surface area (Å²) in [5, 5.41) is 6.70. The zero-order chi connectivity index (χ0) is 17.0. The van der Waals surface area contributed by atoms with Gasteiger partial charge in [-0.05, 0) is 63.1 Å². The lowest BCUT2D eigenvalue weighted by Crippen LogP contribution is -2.40. The van der Waals surface area contributed by atoms with Crippen molar-refractivity contribution in [2.24, 2.45) is 11.7 Å². The highest BCUT2D eigenvalue weighted by atomic mass is 35.5. The molecule has 1 saturated carbocycles. The summed E-state index contributed by atoms with van der Waals surface area (Å²) >= 11 is 0. The molecule has 1 amide bonds. The van der Waals surface area contributed by atoms with Gasteiger partial charge in [0.25, 0.3) is 5.91 Å². The van der Waals surface area contributed by atoms with Crippen molar-refractivity contribution in [3.63, 3.8) is 0 Å². The van der Waals surface area contributed by atoms with E-state index in [1.165, 1.54) is 0 Å². The molecule has 1 aromatic carbocycles. The first kappa shape index (κ1) is 24.0. The molecule has 0 heterocycles. The Morgan fingerprint density at radius 2 is 1.72 bits per heavy atom. The van der Waals surface area contributed by atoms with Crippen molar-refractivity contribution < 1.29 is 4.79 Å². The normalized spacial score (nSPS) is 20.9. The predicted molar refractivity (Wildman–Crippen MR) is 111 cm³/mol. The Morgan fingerprint density at radius 3 is 2.28 bits per heavy atom. The second-order valence-corrected chi connectivity index (χ2v) is 7.24. The van der Waals surface area contributed by atoms with Crippen LogP contribution in [0.25, 0.3) is 0 Å². The number of hydrogen-bond donors (Lipinski definition) is 3. The zero-order valence-corrected chi connectivity index (χ0v) is 17.3. The first-order chi connectivity index (χ1) is 10.9. The maximum absolute atomic E-state index is 12.6. The second kappa shape index (κ2) is 10.9. The van der Waals surface area contributed by atoms with Crippen LogP contribution < -0.4 is 16.4 Å². The summed E-state index contributed by atoms with van der Waals surface area (Å²) in [5.74, 6) is 0.571. The van der Waals surface area contributed by atoms with Crippen LogP contribution in [-0.4, -0.2) is 24.0 Å². The van der Waals surface area contributed by atoms with E-state index >= 15 is 0 Å². The summed E-state index contributed by atoms with van der Waals surface area (Å²) in [6.07, 6.45) is 3.96. The average molecular weight is 390 g/mol. The van der Waals surface area contributed by atoms with Crippen molar-refractivity contribution in [1.29, 1.82) is 0 Å². The molecule has 1 aliphatic rings. The molecule has 25 heavy (non-hydrogen) atoms. The zero-order valence-electron chi connectivity index (χ0n) is 15.7. The summed E-state index contributed by atoms with van der Waals surface area (Å²) in [5.41, 5.74) is 8.76. The number of anilines is 1. The number of carbonyl (C=O) groups excluding carboxylic acids is 1. The lowest BCUT2D eigenvalue weighted by atomic mass is 9.91. The maximum Gasteiger partial charge on any atom is 0.251 e. The standard InChI is InChI=1S/C19H31N3O.2ClH/c1-12(2)14(4)21-18-7-5-6-17(13(18)3)19(23)22-16-10-8-15(20)9-11-16;;/h5-7,12,14-16,21H,8-11,20H2,1-4H3,(H,22,23);2*1H. The number of nitrogens with one attached hydrogen (secondary N) is 2. The van der Waals surface area contributed by atoms with E-state index in [9.17, 15) is 4.79 Å². The Kier molecular flexibility index (Phi) is 10.5. The number of benzene rings is 1. The number of hydrogen-bond acceptors (Lipinski definition) is 3. The number of carbonyl (C=O) groups is 1. The molecular weight excluding hydrogens is 357 g/mol. The third-order valence-electron chi connectivity index (χ3n) is 5.07. The van der Waals surface area contributed by atoms with Gasteiger partial charge < -0.3 is 16.4 Å². The minimum atomic E-state index is 0. The third kappa shape index (κ3) is 6.69. The van der Waals surface area contributed by atoms with Crippen LogP contribution in [0.5, 0.6) is 0 Å². The lowest BCUT2D eigenvalue weighted by molar-refractivity contribution is 0.0925. The highest BCUT2D eigenvalue weighted by molar-refractivity contribution is 5.97. The van der Waals surface area contributed by atoms with Gasteiger partial charge in [0, 0.05) is 29.4 Å². The van der Waals surface area contributed by atoms with Gasteiger partial charge in [-0.15, -0.1) is 24.8 Å². The lowest BCUT2D eigenvalue weighted by Gasteiger charge is -2.27. The fourth-order valence-electron chi connectivity index (χ4n) is 2.98. The van der Waals surface area contributed by atoms with Gasteiger partial charge in [-0.3, -0.25) is 4.79 Å². The van der Waals surface area contributed by atoms with Crippen LogP contribution in [0, 0.1) is 12.8 Å². The van der Waals surface area contributed by atoms with Gasteiger partial charge in [0.1, 0.15) is 0 Å². The summed E-state index contributed by atoms with van der Waals surface area (Å²) in [4.78, 5) is 12.6. The van der Waals surface area contributed by atoms with Crippen LogP contribution in [0.3, 0.4) is 0 Å². The van der Waals surface area contributed by atoms with Crippen molar-refractivity contribution in [2.75, 3.05) is 5.32 Å². The van der Waals surface area contributed by atoms with E-state index in [4.69, 9.17) is 5.73 Å². The fraction of sp³-hybridized carbons (Fsp3) is 0.632. The summed E-state index contributed by atoms with van der Waals surface area (Å²) in [6.45, 7) is 8.57. The molecule has 1 atom stereocenters. The summed E-state index contributed by atoms with van der Waals surface area (Å²) in [7, 11) is 0. The first-order valence-corrected chi connectivity index (χ1v) is 8.81. The number of halogens is 2. The minimum Gasteiger partial charge on any atom is -0.382 e. The van der Waals surface area contributed by atoms with Gasteiger partial charge in [-0.2, -0.15) is 0 Å². The molecule has 6 heteroatoms. The van der Waals surface area contributed by atoms with Crippen molar-refractivity contribution in [3.05, 3.63) is 29.3 Å². The first-order valence-electron chi connectivity index (χ1n) is 8.81. The van der Waals surface area contributed by atoms with Crippen molar-refractivity contribution in [3.8, 4) is 0 Å². The molecule has 0 aromatic heterocycles. The fourth-order valence-corrected chi connectivity index (χ4v) is 2.98. The van der Waals surface area contributed by atoms with E-state index in [1.807, 2.05) is 25.1 Å². The predicted octanol–water partition coefficient (Wildman–Crippen LogP) is 4.29. The van der Waals surface area contributed by atoms with Crippen molar-refractivity contribution in [2.45, 2.75) is 71.5 Å². The molecule has 1 aliphatic carbocycles. The molecule has 0 aliphatic heterocycles. The Morgan fingerprint density at radius 1 is 1.12 bits per heavy atom. The monoisotopic (exact) mass is 389 g/mol. The minimum absolute atomic E-state index is 0. The summed E-state index contributed by atoms with van der Waals surface area (Å²) in [6, 6.07) is 6.83. The van der Waals surface area contributed by atoms with Gasteiger partial charge in [0.05, 0.1) is 0 Å². The smallest absolute Gasteiger partial charge is 0.251 e. The Labute approximate surface area is 164 Å². The number of nitrogens with two attached hydrogens (primary N) is 1. The molecule has 4 nitrogen and oxygen atoms in total. The molecule has 0 spiro atoms. The van der Waals surface area contributed by atoms with Gasteiger partial charge >= 0.3 is 0 Å². The molecule has 0 saturated heterocycles. The number of amides is 1. The second-order valence-electron chi connectivity index (χ2n) is 7.24. The van der Waals surface area contributed by atoms with E-state index < -0.39 is 0 Å². The molecule has 0 bridgehead atoms. The topological polar surface area (TPSA) is 67.2 Å². The van der Waals surface area contributed by atoms with Gasteiger partial charge in [0.2, 0.25) is 0 Å². The van der Waals surface area contributed by atoms with Crippen LogP contribution in [-0.2, 0) is 0 Å². The summed E-state index contributed by atoms with van der Waals surface area (Å²) < 4.78 is 0. The highest BCUT2D eigenvalue weighted by Crippen LogP contribution is 2.22. The molecule has 2 rings (SSSR count). The molecule has 0 radical (unpaired) electrons. The van der Waals surface area contributed by atoms with E-state index in [-0.39, 0.29) is 36.8 Å². The maximum atomic E-state index is 12.6. The Bertz CT molecular complexity index is 543. The van der Waals surface area contributed by atoms with Crippen LogP contribution in [0.15, 0.2) is 18.2 Å². The largest absolute Gasteiger partial charge is 0.382 e. The van der Waals surface area contributed by atoms with Crippen LogP contribution in [0.2, 0.25) is 0 Å². The van der Waals surface area contributed by atoms with Crippen molar-refractivity contribution >= 4 is 36.4 Å². The quantitative estimate of drug-likeness (QED) is 0.703. The molecule has 1 fully saturated rings. The molecular formula is C19H33Cl2N3O. The Hall–Kier alpha value is -0.970. The van der Waals surface area contributed by atoms with Gasteiger partial charge in [-0.25, -0.2) is 0 Å². The van der Waals surface area contributed by atoms with Crippen LogP contribution in [0.1, 0.15) is 62.4 Å². The molecule has 4 N–H and O–H groups in total. The molecule has 1 unspecified atom stereocenters. The van der Waals surface area contributed by atoms with E-state index in [1.54, 1.807) is 0 Å². The Balaban J connectivity index is 0.00000288. The third-order valence-corrected chi connectivity index (χ3v) is 5.07. The average Bonchev–Trinajstić information content (AvgIpc) is 2.51.